The Bertz CT molecular complexity index is 226. The van der Waals surface area contributed by atoms with E-state index in [4.69, 9.17) is 16.6 Å². The number of carboxylic acids is 1. The van der Waals surface area contributed by atoms with Crippen LogP contribution in [0.2, 0.25) is 0 Å². The van der Waals surface area contributed by atoms with Crippen LogP contribution in [0.1, 0.15) is 19.8 Å². The fourth-order valence-corrected chi connectivity index (χ4v) is 1.44. The van der Waals surface area contributed by atoms with Gasteiger partial charge in [-0.25, -0.2) is 0 Å². The molecule has 0 aliphatic rings. The van der Waals surface area contributed by atoms with Crippen LogP contribution in [0.25, 0.3) is 0 Å². The Morgan fingerprint density at radius 2 is 2.13 bits per heavy atom. The molecular formula is C9H20N4O2. The van der Waals surface area contributed by atoms with E-state index < -0.39 is 12.0 Å². The highest BCUT2D eigenvalue weighted by Gasteiger charge is 2.21. The van der Waals surface area contributed by atoms with Crippen molar-refractivity contribution in [3.8, 4) is 0 Å². The van der Waals surface area contributed by atoms with Gasteiger partial charge in [0.1, 0.15) is 6.04 Å². The Balaban J connectivity index is 3.86. The van der Waals surface area contributed by atoms with Gasteiger partial charge in [-0.2, -0.15) is 0 Å². The minimum Gasteiger partial charge on any atom is -0.480 e. The number of carboxylic acid groups (broad SMARTS) is 1. The Hall–Kier alpha value is -1.30. The maximum Gasteiger partial charge on any atom is 0.320 e. The third kappa shape index (κ3) is 5.90. The molecule has 0 saturated heterocycles. The van der Waals surface area contributed by atoms with Crippen molar-refractivity contribution >= 4 is 11.9 Å². The number of likely N-dealkylation sites (N-methyl/N-ethyl adjacent to an activating group) is 1. The number of nitrogens with two attached hydrogens (primary N) is 2. The largest absolute Gasteiger partial charge is 0.480 e. The minimum absolute atomic E-state index is 0.0571. The summed E-state index contributed by atoms with van der Waals surface area (Å²) in [6.07, 6.45) is 1.55. The van der Waals surface area contributed by atoms with Crippen LogP contribution >= 0.6 is 0 Å². The highest BCUT2D eigenvalue weighted by molar-refractivity contribution is 5.75. The summed E-state index contributed by atoms with van der Waals surface area (Å²) in [4.78, 5) is 14.6. The molecule has 0 fully saturated rings. The molecule has 15 heavy (non-hydrogen) atoms. The zero-order valence-electron chi connectivity index (χ0n) is 9.23. The van der Waals surface area contributed by atoms with E-state index in [1.54, 1.807) is 7.05 Å². The van der Waals surface area contributed by atoms with E-state index >= 15 is 0 Å². The third-order valence-corrected chi connectivity index (χ3v) is 2.26. The van der Waals surface area contributed by atoms with Crippen molar-refractivity contribution in [1.29, 1.82) is 0 Å². The summed E-state index contributed by atoms with van der Waals surface area (Å²) in [7, 11) is 1.64. The van der Waals surface area contributed by atoms with Crippen molar-refractivity contribution in [2.45, 2.75) is 25.8 Å². The molecule has 6 N–H and O–H groups in total. The van der Waals surface area contributed by atoms with Gasteiger partial charge in [0.05, 0.1) is 0 Å². The molecule has 0 saturated carbocycles. The normalized spacial score (nSPS) is 14.3. The maximum atomic E-state index is 10.8. The van der Waals surface area contributed by atoms with Gasteiger partial charge in [-0.1, -0.05) is 6.92 Å². The summed E-state index contributed by atoms with van der Waals surface area (Å²) in [5.74, 6) is -0.695. The van der Waals surface area contributed by atoms with Crippen molar-refractivity contribution < 1.29 is 9.90 Å². The van der Waals surface area contributed by atoms with Crippen molar-refractivity contribution in [2.24, 2.45) is 22.4 Å². The highest BCUT2D eigenvalue weighted by Crippen LogP contribution is 2.10. The van der Waals surface area contributed by atoms with E-state index in [-0.39, 0.29) is 11.9 Å². The molecule has 2 atom stereocenters. The van der Waals surface area contributed by atoms with Crippen LogP contribution in [0.5, 0.6) is 0 Å². The first kappa shape index (κ1) is 13.7. The summed E-state index contributed by atoms with van der Waals surface area (Å²) in [6.45, 7) is 2.44. The Labute approximate surface area is 89.7 Å². The lowest BCUT2D eigenvalue weighted by atomic mass is 9.97. The molecule has 0 spiro atoms. The topological polar surface area (TPSA) is 114 Å². The summed E-state index contributed by atoms with van der Waals surface area (Å²) in [5.41, 5.74) is 10.3. The van der Waals surface area contributed by atoms with Crippen molar-refractivity contribution in [1.82, 2.24) is 5.32 Å². The lowest BCUT2D eigenvalue weighted by Gasteiger charge is -2.18. The monoisotopic (exact) mass is 216 g/mol. The number of hydrogen-bond acceptors (Lipinski definition) is 3. The van der Waals surface area contributed by atoms with Gasteiger partial charge in [0.25, 0.3) is 0 Å². The molecule has 0 aromatic rings. The predicted molar refractivity (Wildman–Crippen MR) is 59.6 cm³/mol. The van der Waals surface area contributed by atoms with Crippen molar-refractivity contribution in [3.63, 3.8) is 0 Å². The number of nitrogens with zero attached hydrogens (tertiary/aromatic N) is 1. The molecule has 0 rings (SSSR count). The van der Waals surface area contributed by atoms with Gasteiger partial charge in [0.15, 0.2) is 5.96 Å². The number of rotatable bonds is 7. The number of aliphatic imine (C=N–C) groups is 1. The fraction of sp³-hybridized carbons (Fsp3) is 0.778. The number of carbonyl (C=O) groups is 1. The second kappa shape index (κ2) is 7.05. The lowest BCUT2D eigenvalue weighted by molar-refractivity contribution is -0.140. The Morgan fingerprint density at radius 3 is 2.53 bits per heavy atom. The molecule has 0 aliphatic heterocycles. The number of hydrogen-bond donors (Lipinski definition) is 4. The van der Waals surface area contributed by atoms with E-state index in [9.17, 15) is 4.79 Å². The zero-order chi connectivity index (χ0) is 11.8. The predicted octanol–water partition coefficient (Wildman–Crippen LogP) is -0.651. The smallest absolute Gasteiger partial charge is 0.320 e. The van der Waals surface area contributed by atoms with Crippen LogP contribution in [0.3, 0.4) is 0 Å². The van der Waals surface area contributed by atoms with E-state index in [0.717, 1.165) is 12.8 Å². The summed E-state index contributed by atoms with van der Waals surface area (Å²) < 4.78 is 0. The van der Waals surface area contributed by atoms with Crippen molar-refractivity contribution in [2.75, 3.05) is 13.6 Å². The molecule has 0 aromatic heterocycles. The van der Waals surface area contributed by atoms with Crippen LogP contribution in [0.15, 0.2) is 4.99 Å². The van der Waals surface area contributed by atoms with Gasteiger partial charge in [-0.15, -0.1) is 0 Å². The first-order valence-corrected chi connectivity index (χ1v) is 4.94. The van der Waals surface area contributed by atoms with Gasteiger partial charge < -0.3 is 21.9 Å². The zero-order valence-corrected chi connectivity index (χ0v) is 9.23. The molecule has 88 valence electrons. The van der Waals surface area contributed by atoms with Gasteiger partial charge in [-0.05, 0) is 25.8 Å². The molecule has 6 heteroatoms. The number of nitrogens with one attached hydrogen (secondary N) is 1. The van der Waals surface area contributed by atoms with Crippen LogP contribution in [-0.2, 0) is 4.79 Å². The lowest BCUT2D eigenvalue weighted by Crippen LogP contribution is -2.39. The quantitative estimate of drug-likeness (QED) is 0.256. The molecule has 0 heterocycles. The Morgan fingerprint density at radius 1 is 1.53 bits per heavy atom. The van der Waals surface area contributed by atoms with Crippen LogP contribution in [0, 0.1) is 5.92 Å². The van der Waals surface area contributed by atoms with Crippen LogP contribution in [0.4, 0.5) is 0 Å². The number of aliphatic carboxylic acids is 1. The second-order valence-electron chi connectivity index (χ2n) is 3.53. The second-order valence-corrected chi connectivity index (χ2v) is 3.53. The standard InChI is InChI=1S/C9H20N4O2/c1-6(7(12-2)8(14)15)4-3-5-13-9(10)11/h6-7,12H,3-5H2,1-2H3,(H,14,15)(H4,10,11,13)/t6?,7-/m0/s1. The van der Waals surface area contributed by atoms with Gasteiger partial charge >= 0.3 is 5.97 Å². The molecule has 0 aliphatic carbocycles. The SMILES string of the molecule is CN[C@H](C(=O)O)C(C)CCCN=C(N)N. The maximum absolute atomic E-state index is 10.8. The average molecular weight is 216 g/mol. The third-order valence-electron chi connectivity index (χ3n) is 2.26. The van der Waals surface area contributed by atoms with E-state index in [1.165, 1.54) is 0 Å². The van der Waals surface area contributed by atoms with Gasteiger partial charge in [0, 0.05) is 6.54 Å². The summed E-state index contributed by atoms with van der Waals surface area (Å²) in [6, 6.07) is -0.510. The molecule has 6 nitrogen and oxygen atoms in total. The molecular weight excluding hydrogens is 196 g/mol. The number of guanidine groups is 1. The molecule has 1 unspecified atom stereocenters. The summed E-state index contributed by atoms with van der Waals surface area (Å²) >= 11 is 0. The fourth-order valence-electron chi connectivity index (χ4n) is 1.44. The van der Waals surface area contributed by atoms with E-state index in [0.29, 0.717) is 6.54 Å². The first-order chi connectivity index (χ1) is 6.99. The molecule has 0 bridgehead atoms. The first-order valence-electron chi connectivity index (χ1n) is 4.94. The average Bonchev–Trinajstić information content (AvgIpc) is 2.12. The van der Waals surface area contributed by atoms with Crippen molar-refractivity contribution in [3.05, 3.63) is 0 Å². The highest BCUT2D eigenvalue weighted by atomic mass is 16.4. The Kier molecular flexibility index (Phi) is 6.44. The van der Waals surface area contributed by atoms with Crippen LogP contribution in [-0.4, -0.2) is 36.7 Å². The van der Waals surface area contributed by atoms with E-state index in [1.807, 2.05) is 6.92 Å². The molecule has 0 radical (unpaired) electrons. The minimum atomic E-state index is -0.827. The van der Waals surface area contributed by atoms with Crippen LogP contribution < -0.4 is 16.8 Å². The van der Waals surface area contributed by atoms with E-state index in [2.05, 4.69) is 10.3 Å². The van der Waals surface area contributed by atoms with Gasteiger partial charge in [0.2, 0.25) is 0 Å². The summed E-state index contributed by atoms with van der Waals surface area (Å²) in [5, 5.41) is 11.6. The molecule has 0 amide bonds. The molecule has 0 aromatic carbocycles. The van der Waals surface area contributed by atoms with Gasteiger partial charge in [-0.3, -0.25) is 9.79 Å².